The number of hydrogen-bond donors (Lipinski definition) is 5. The maximum Gasteiger partial charge on any atom is 0.311 e. The van der Waals surface area contributed by atoms with Gasteiger partial charge in [0.2, 0.25) is 0 Å². The summed E-state index contributed by atoms with van der Waals surface area (Å²) in [6.45, 7) is 20.0. The summed E-state index contributed by atoms with van der Waals surface area (Å²) in [4.78, 5) is 16.0. The molecular formula is C37H69NO12. The molecule has 0 saturated carbocycles. The van der Waals surface area contributed by atoms with Crippen molar-refractivity contribution in [2.45, 2.75) is 186 Å². The zero-order valence-corrected chi connectivity index (χ0v) is 32.7. The number of aliphatic hydroxyl groups excluding tert-OH is 3. The highest BCUT2D eigenvalue weighted by Crippen LogP contribution is 2.40. The van der Waals surface area contributed by atoms with Crippen molar-refractivity contribution in [2.75, 3.05) is 20.7 Å². The standard InChI is InChI=1S/C37H69NO12/c1-14-26-37(11,44)30(40)24(7)38(12)18-19(2)16-35(9,43)32(50-34-28(39)20(3)15-21(4)46-34)22(5)29(23(6)33(42)48-26)49-27-17-36(10,45-13)31(41)25(8)47-27/h19-32,34,39-41,43-44H,14-18H2,1-13H3/t19-,20+,21-,22+,23-,24-,25+,26-,27+,28-,29+,30-,31+,32-,34+,35-,36-,37-/m1/s1. The SMILES string of the molecule is CC[C@H]1OC(=O)[C@H](C)[C@@H](O[C@H]2C[C@@](C)(OC)[C@@H](O)[C@H](C)O2)[C@H](C)[C@@H](O[C@@H]2O[C@H](C)C[C@H](C)[C@H]2O)[C@](C)(O)C[C@@H](C)CN(C)[C@H](C)[C@@H](O)[C@]1(C)O. The molecule has 3 rings (SSSR count). The summed E-state index contributed by atoms with van der Waals surface area (Å²) < 4.78 is 37.3. The van der Waals surface area contributed by atoms with Gasteiger partial charge >= 0.3 is 5.97 Å². The highest BCUT2D eigenvalue weighted by Gasteiger charge is 2.52. The Kier molecular flexibility index (Phi) is 14.8. The molecule has 3 fully saturated rings. The van der Waals surface area contributed by atoms with Crippen molar-refractivity contribution < 1.29 is 58.7 Å². The van der Waals surface area contributed by atoms with Gasteiger partial charge in [-0.25, -0.2) is 0 Å². The number of rotatable bonds is 6. The van der Waals surface area contributed by atoms with E-state index in [1.807, 2.05) is 39.6 Å². The number of cyclic esters (lactones) is 1. The molecule has 0 aliphatic carbocycles. The van der Waals surface area contributed by atoms with E-state index in [-0.39, 0.29) is 37.2 Å². The molecule has 0 unspecified atom stereocenters. The minimum Gasteiger partial charge on any atom is -0.459 e. The zero-order valence-electron chi connectivity index (χ0n) is 32.7. The third kappa shape index (κ3) is 9.57. The second-order valence-corrected chi connectivity index (χ2v) is 16.6. The predicted octanol–water partition coefficient (Wildman–Crippen LogP) is 2.61. The van der Waals surface area contributed by atoms with Crippen molar-refractivity contribution in [1.29, 1.82) is 0 Å². The highest BCUT2D eigenvalue weighted by molar-refractivity contribution is 5.73. The predicted molar refractivity (Wildman–Crippen MR) is 186 cm³/mol. The van der Waals surface area contributed by atoms with Crippen LogP contribution in [0.25, 0.3) is 0 Å². The van der Waals surface area contributed by atoms with E-state index in [0.29, 0.717) is 13.0 Å². The summed E-state index contributed by atoms with van der Waals surface area (Å²) >= 11 is 0. The van der Waals surface area contributed by atoms with Gasteiger partial charge in [-0.1, -0.05) is 27.7 Å². The number of esters is 1. The van der Waals surface area contributed by atoms with Crippen molar-refractivity contribution in [1.82, 2.24) is 4.90 Å². The first-order valence-electron chi connectivity index (χ1n) is 18.6. The molecule has 3 heterocycles. The van der Waals surface area contributed by atoms with Crippen LogP contribution in [0.2, 0.25) is 0 Å². The van der Waals surface area contributed by atoms with E-state index in [4.69, 9.17) is 28.4 Å². The Balaban J connectivity index is 2.16. The van der Waals surface area contributed by atoms with Crippen LogP contribution in [0.4, 0.5) is 0 Å². The third-order valence-electron chi connectivity index (χ3n) is 11.9. The lowest BCUT2D eigenvalue weighted by Gasteiger charge is -2.48. The van der Waals surface area contributed by atoms with Crippen LogP contribution in [-0.4, -0.2) is 141 Å². The Morgan fingerprint density at radius 1 is 0.920 bits per heavy atom. The number of likely N-dealkylation sites (N-methyl/N-ethyl adjacent to an activating group) is 1. The fourth-order valence-electron chi connectivity index (χ4n) is 8.49. The minimum absolute atomic E-state index is 0.123. The average molecular weight is 720 g/mol. The molecule has 5 N–H and O–H groups in total. The Bertz CT molecular complexity index is 1090. The van der Waals surface area contributed by atoms with E-state index in [1.54, 1.807) is 41.5 Å². The van der Waals surface area contributed by atoms with E-state index in [9.17, 15) is 30.3 Å². The Labute approximate surface area is 299 Å². The molecule has 50 heavy (non-hydrogen) atoms. The number of aliphatic hydroxyl groups is 5. The lowest BCUT2D eigenvalue weighted by Crippen LogP contribution is -2.59. The van der Waals surface area contributed by atoms with Gasteiger partial charge in [-0.15, -0.1) is 0 Å². The minimum atomic E-state index is -1.79. The molecule has 3 aliphatic rings. The molecular weight excluding hydrogens is 650 g/mol. The van der Waals surface area contributed by atoms with Gasteiger partial charge in [0, 0.05) is 32.0 Å². The van der Waals surface area contributed by atoms with Crippen LogP contribution >= 0.6 is 0 Å². The normalized spacial score (nSPS) is 51.0. The fraction of sp³-hybridized carbons (Fsp3) is 0.973. The monoisotopic (exact) mass is 719 g/mol. The lowest BCUT2D eigenvalue weighted by atomic mass is 9.77. The van der Waals surface area contributed by atoms with Crippen LogP contribution in [0.1, 0.15) is 102 Å². The number of nitrogens with zero attached hydrogens (tertiary/aromatic N) is 1. The molecule has 0 aromatic carbocycles. The van der Waals surface area contributed by atoms with Crippen LogP contribution in [0, 0.1) is 23.7 Å². The molecule has 0 spiro atoms. The van der Waals surface area contributed by atoms with Crippen molar-refractivity contribution >= 4 is 5.97 Å². The van der Waals surface area contributed by atoms with Crippen LogP contribution in [-0.2, 0) is 33.2 Å². The Morgan fingerprint density at radius 2 is 1.54 bits per heavy atom. The average Bonchev–Trinajstić information content (AvgIpc) is 3.03. The largest absolute Gasteiger partial charge is 0.459 e. The summed E-state index contributed by atoms with van der Waals surface area (Å²) in [7, 11) is 3.35. The first-order chi connectivity index (χ1) is 23.0. The molecule has 0 bridgehead atoms. The Morgan fingerprint density at radius 3 is 2.12 bits per heavy atom. The number of hydrogen-bond acceptors (Lipinski definition) is 13. The fourth-order valence-corrected chi connectivity index (χ4v) is 8.49. The van der Waals surface area contributed by atoms with E-state index in [0.717, 1.165) is 0 Å². The number of methoxy groups -OCH3 is 1. The number of ether oxygens (including phenoxy) is 6. The second-order valence-electron chi connectivity index (χ2n) is 16.6. The molecule has 294 valence electrons. The third-order valence-corrected chi connectivity index (χ3v) is 11.9. The van der Waals surface area contributed by atoms with Crippen molar-refractivity contribution in [3.63, 3.8) is 0 Å². The molecule has 0 amide bonds. The van der Waals surface area contributed by atoms with Crippen molar-refractivity contribution in [2.24, 2.45) is 23.7 Å². The second kappa shape index (κ2) is 17.0. The van der Waals surface area contributed by atoms with Gasteiger partial charge in [0.15, 0.2) is 12.6 Å². The summed E-state index contributed by atoms with van der Waals surface area (Å²) in [5.41, 5.74) is -4.33. The quantitative estimate of drug-likeness (QED) is 0.254. The van der Waals surface area contributed by atoms with Crippen LogP contribution in [0.5, 0.6) is 0 Å². The molecule has 3 saturated heterocycles. The molecule has 0 radical (unpaired) electrons. The van der Waals surface area contributed by atoms with Crippen molar-refractivity contribution in [3.8, 4) is 0 Å². The summed E-state index contributed by atoms with van der Waals surface area (Å²) in [5, 5.41) is 57.6. The van der Waals surface area contributed by atoms with E-state index in [2.05, 4.69) is 0 Å². The van der Waals surface area contributed by atoms with E-state index < -0.39 is 96.0 Å². The molecule has 13 nitrogen and oxygen atoms in total. The maximum atomic E-state index is 14.1. The number of carbonyl (C=O) groups is 1. The molecule has 3 aliphatic heterocycles. The van der Waals surface area contributed by atoms with Crippen LogP contribution in [0.15, 0.2) is 0 Å². The topological polar surface area (TPSA) is 177 Å². The van der Waals surface area contributed by atoms with Gasteiger partial charge in [-0.2, -0.15) is 0 Å². The maximum absolute atomic E-state index is 14.1. The van der Waals surface area contributed by atoms with Gasteiger partial charge in [-0.3, -0.25) is 4.79 Å². The molecule has 13 heteroatoms. The highest BCUT2D eigenvalue weighted by atomic mass is 16.7. The summed E-state index contributed by atoms with van der Waals surface area (Å²) in [6, 6.07) is -0.528. The van der Waals surface area contributed by atoms with Gasteiger partial charge in [0.1, 0.15) is 30.0 Å². The first kappa shape index (κ1) is 43.4. The van der Waals surface area contributed by atoms with E-state index in [1.165, 1.54) is 14.0 Å². The summed E-state index contributed by atoms with van der Waals surface area (Å²) in [5.74, 6) is -2.65. The Hall–Kier alpha value is -0.970. The molecule has 18 atom stereocenters. The summed E-state index contributed by atoms with van der Waals surface area (Å²) in [6.07, 6.45) is -7.83. The van der Waals surface area contributed by atoms with Gasteiger partial charge in [0.05, 0.1) is 41.5 Å². The van der Waals surface area contributed by atoms with Crippen molar-refractivity contribution in [3.05, 3.63) is 0 Å². The van der Waals surface area contributed by atoms with Gasteiger partial charge in [-0.05, 0) is 86.6 Å². The number of carbonyl (C=O) groups excluding carboxylic acids is 1. The van der Waals surface area contributed by atoms with E-state index >= 15 is 0 Å². The molecule has 0 aromatic rings. The van der Waals surface area contributed by atoms with Crippen LogP contribution < -0.4 is 0 Å². The lowest BCUT2D eigenvalue weighted by molar-refractivity contribution is -0.317. The smallest absolute Gasteiger partial charge is 0.311 e. The first-order valence-corrected chi connectivity index (χ1v) is 18.6. The van der Waals surface area contributed by atoms with Gasteiger partial charge < -0.3 is 58.9 Å². The zero-order chi connectivity index (χ0) is 38.1. The molecule has 0 aromatic heterocycles. The van der Waals surface area contributed by atoms with Gasteiger partial charge in [0.25, 0.3) is 0 Å². The van der Waals surface area contributed by atoms with Crippen LogP contribution in [0.3, 0.4) is 0 Å².